The van der Waals surface area contributed by atoms with Crippen molar-refractivity contribution in [2.45, 2.75) is 5.75 Å². The molecule has 0 radical (unpaired) electrons. The Kier molecular flexibility index (Phi) is 6.68. The van der Waals surface area contributed by atoms with E-state index in [1.54, 1.807) is 0 Å². The van der Waals surface area contributed by atoms with Crippen molar-refractivity contribution < 1.29 is 9.53 Å². The van der Waals surface area contributed by atoms with E-state index in [2.05, 4.69) is 17.4 Å². The average molecular weight is 301 g/mol. The Morgan fingerprint density at radius 2 is 1.67 bits per heavy atom. The van der Waals surface area contributed by atoms with Crippen molar-refractivity contribution in [3.63, 3.8) is 0 Å². The highest BCUT2D eigenvalue weighted by atomic mass is 32.2. The van der Waals surface area contributed by atoms with Crippen molar-refractivity contribution >= 4 is 17.7 Å². The van der Waals surface area contributed by atoms with Gasteiger partial charge in [-0.15, -0.1) is 0 Å². The van der Waals surface area contributed by atoms with Crippen LogP contribution in [0.3, 0.4) is 0 Å². The van der Waals surface area contributed by atoms with Gasteiger partial charge in [-0.05, 0) is 17.7 Å². The van der Waals surface area contributed by atoms with E-state index in [0.29, 0.717) is 12.3 Å². The maximum atomic E-state index is 11.6. The SMILES string of the molecule is O=C(COc1ccccc1)NCCSCc1ccccc1. The molecule has 110 valence electrons. The second-order valence-corrected chi connectivity index (χ2v) is 5.60. The Morgan fingerprint density at radius 3 is 2.38 bits per heavy atom. The molecule has 1 amide bonds. The zero-order chi connectivity index (χ0) is 14.8. The molecular weight excluding hydrogens is 282 g/mol. The van der Waals surface area contributed by atoms with E-state index in [4.69, 9.17) is 4.74 Å². The summed E-state index contributed by atoms with van der Waals surface area (Å²) in [7, 11) is 0. The predicted molar refractivity (Wildman–Crippen MR) is 87.6 cm³/mol. The molecule has 4 heteroatoms. The number of rotatable bonds is 8. The van der Waals surface area contributed by atoms with Crippen molar-refractivity contribution in [1.82, 2.24) is 5.32 Å². The number of carbonyl (C=O) groups is 1. The molecule has 0 aromatic heterocycles. The van der Waals surface area contributed by atoms with Crippen LogP contribution in [0.1, 0.15) is 5.56 Å². The summed E-state index contributed by atoms with van der Waals surface area (Å²) in [5.74, 6) is 2.49. The number of hydrogen-bond acceptors (Lipinski definition) is 3. The van der Waals surface area contributed by atoms with Crippen LogP contribution >= 0.6 is 11.8 Å². The lowest BCUT2D eigenvalue weighted by Crippen LogP contribution is -2.30. The quantitative estimate of drug-likeness (QED) is 0.761. The summed E-state index contributed by atoms with van der Waals surface area (Å²) >= 11 is 1.81. The van der Waals surface area contributed by atoms with Crippen LogP contribution in [0.25, 0.3) is 0 Å². The first-order valence-corrected chi connectivity index (χ1v) is 8.06. The molecule has 0 atom stereocenters. The molecule has 0 fully saturated rings. The highest BCUT2D eigenvalue weighted by molar-refractivity contribution is 7.98. The smallest absolute Gasteiger partial charge is 0.257 e. The molecule has 0 spiro atoms. The molecule has 0 heterocycles. The van der Waals surface area contributed by atoms with Crippen LogP contribution in [0.4, 0.5) is 0 Å². The number of nitrogens with one attached hydrogen (secondary N) is 1. The Labute approximate surface area is 129 Å². The van der Waals surface area contributed by atoms with Crippen LogP contribution in [0, 0.1) is 0 Å². The predicted octanol–water partition coefficient (Wildman–Crippen LogP) is 3.12. The second kappa shape index (κ2) is 9.08. The minimum absolute atomic E-state index is 0.0629. The topological polar surface area (TPSA) is 38.3 Å². The van der Waals surface area contributed by atoms with Gasteiger partial charge < -0.3 is 10.1 Å². The van der Waals surface area contributed by atoms with E-state index in [1.807, 2.05) is 60.3 Å². The Bertz CT molecular complexity index is 531. The highest BCUT2D eigenvalue weighted by Gasteiger charge is 2.01. The van der Waals surface area contributed by atoms with Gasteiger partial charge in [-0.3, -0.25) is 4.79 Å². The number of para-hydroxylation sites is 1. The first-order chi connectivity index (χ1) is 10.3. The molecule has 0 aliphatic carbocycles. The lowest BCUT2D eigenvalue weighted by molar-refractivity contribution is -0.122. The van der Waals surface area contributed by atoms with Gasteiger partial charge in [-0.25, -0.2) is 0 Å². The molecule has 2 aromatic rings. The molecule has 0 aliphatic rings. The van der Waals surface area contributed by atoms with Crippen molar-refractivity contribution in [2.24, 2.45) is 0 Å². The van der Waals surface area contributed by atoms with Crippen LogP contribution in [-0.4, -0.2) is 24.8 Å². The van der Waals surface area contributed by atoms with Crippen molar-refractivity contribution in [3.8, 4) is 5.75 Å². The zero-order valence-corrected chi connectivity index (χ0v) is 12.6. The molecular formula is C17H19NO2S. The fraction of sp³-hybridized carbons (Fsp3) is 0.235. The first-order valence-electron chi connectivity index (χ1n) is 6.91. The number of amides is 1. The largest absolute Gasteiger partial charge is 0.484 e. The number of thioether (sulfide) groups is 1. The third-order valence-corrected chi connectivity index (χ3v) is 3.82. The molecule has 0 saturated heterocycles. The van der Waals surface area contributed by atoms with E-state index >= 15 is 0 Å². The fourth-order valence-electron chi connectivity index (χ4n) is 1.74. The van der Waals surface area contributed by atoms with Gasteiger partial charge in [-0.1, -0.05) is 48.5 Å². The standard InChI is InChI=1S/C17H19NO2S/c19-17(13-20-16-9-5-2-6-10-16)18-11-12-21-14-15-7-3-1-4-8-15/h1-10H,11-14H2,(H,18,19). The van der Waals surface area contributed by atoms with Crippen LogP contribution in [0.5, 0.6) is 5.75 Å². The van der Waals surface area contributed by atoms with E-state index in [0.717, 1.165) is 11.5 Å². The van der Waals surface area contributed by atoms with Gasteiger partial charge in [0.25, 0.3) is 5.91 Å². The summed E-state index contributed by atoms with van der Waals surface area (Å²) in [5, 5.41) is 2.85. The van der Waals surface area contributed by atoms with Gasteiger partial charge in [0.15, 0.2) is 6.61 Å². The average Bonchev–Trinajstić information content (AvgIpc) is 2.54. The Hall–Kier alpha value is -1.94. The summed E-state index contributed by atoms with van der Waals surface area (Å²) < 4.78 is 5.38. The molecule has 3 nitrogen and oxygen atoms in total. The molecule has 21 heavy (non-hydrogen) atoms. The van der Waals surface area contributed by atoms with Gasteiger partial charge in [0.05, 0.1) is 0 Å². The molecule has 0 aliphatic heterocycles. The molecule has 1 N–H and O–H groups in total. The summed E-state index contributed by atoms with van der Waals surface area (Å²) in [6.45, 7) is 0.724. The van der Waals surface area contributed by atoms with Gasteiger partial charge in [0.1, 0.15) is 5.75 Å². The van der Waals surface area contributed by atoms with E-state index in [9.17, 15) is 4.79 Å². The second-order valence-electron chi connectivity index (χ2n) is 4.49. The van der Waals surface area contributed by atoms with Gasteiger partial charge in [0, 0.05) is 18.1 Å². The van der Waals surface area contributed by atoms with Crippen molar-refractivity contribution in [2.75, 3.05) is 18.9 Å². The highest BCUT2D eigenvalue weighted by Crippen LogP contribution is 2.10. The normalized spacial score (nSPS) is 10.1. The third kappa shape index (κ3) is 6.36. The Morgan fingerprint density at radius 1 is 1.00 bits per heavy atom. The monoisotopic (exact) mass is 301 g/mol. The minimum atomic E-state index is -0.0841. The summed E-state index contributed by atoms with van der Waals surface area (Å²) in [6, 6.07) is 19.7. The molecule has 2 rings (SSSR count). The zero-order valence-electron chi connectivity index (χ0n) is 11.8. The Balaban J connectivity index is 1.53. The summed E-state index contributed by atoms with van der Waals surface area (Å²) in [4.78, 5) is 11.6. The van der Waals surface area contributed by atoms with Crippen LogP contribution in [0.15, 0.2) is 60.7 Å². The third-order valence-electron chi connectivity index (χ3n) is 2.79. The lowest BCUT2D eigenvalue weighted by atomic mass is 10.2. The van der Waals surface area contributed by atoms with E-state index in [-0.39, 0.29) is 12.5 Å². The number of hydrogen-bond donors (Lipinski definition) is 1. The van der Waals surface area contributed by atoms with Gasteiger partial charge >= 0.3 is 0 Å². The minimum Gasteiger partial charge on any atom is -0.484 e. The molecule has 0 saturated carbocycles. The van der Waals surface area contributed by atoms with Gasteiger partial charge in [-0.2, -0.15) is 11.8 Å². The molecule has 0 bridgehead atoms. The van der Waals surface area contributed by atoms with Crippen LogP contribution in [-0.2, 0) is 10.5 Å². The first kappa shape index (κ1) is 15.4. The van der Waals surface area contributed by atoms with E-state index < -0.39 is 0 Å². The molecule has 0 unspecified atom stereocenters. The summed E-state index contributed by atoms with van der Waals surface area (Å²) in [5.41, 5.74) is 1.31. The fourth-order valence-corrected chi connectivity index (χ4v) is 2.56. The maximum Gasteiger partial charge on any atom is 0.257 e. The number of ether oxygens (including phenoxy) is 1. The summed E-state index contributed by atoms with van der Waals surface area (Å²) in [6.07, 6.45) is 0. The number of carbonyl (C=O) groups excluding carboxylic acids is 1. The molecule has 2 aromatic carbocycles. The van der Waals surface area contributed by atoms with E-state index in [1.165, 1.54) is 5.56 Å². The van der Waals surface area contributed by atoms with Gasteiger partial charge in [0.2, 0.25) is 0 Å². The maximum absolute atomic E-state index is 11.6. The van der Waals surface area contributed by atoms with Crippen LogP contribution < -0.4 is 10.1 Å². The number of benzene rings is 2. The lowest BCUT2D eigenvalue weighted by Gasteiger charge is -2.07. The van der Waals surface area contributed by atoms with Crippen LogP contribution in [0.2, 0.25) is 0 Å². The van der Waals surface area contributed by atoms with Crippen molar-refractivity contribution in [1.29, 1.82) is 0 Å². The van der Waals surface area contributed by atoms with Crippen molar-refractivity contribution in [3.05, 3.63) is 66.2 Å².